The number of nitrogens with one attached hydrogen (secondary N) is 1. The molecule has 0 saturated carbocycles. The van der Waals surface area contributed by atoms with Crippen molar-refractivity contribution in [1.29, 1.82) is 0 Å². The molecule has 1 aromatic heterocycles. The Kier molecular flexibility index (Phi) is 5.76. The van der Waals surface area contributed by atoms with Gasteiger partial charge in [-0.3, -0.25) is 0 Å². The fourth-order valence-corrected chi connectivity index (χ4v) is 2.10. The van der Waals surface area contributed by atoms with E-state index in [1.54, 1.807) is 6.20 Å². The minimum atomic E-state index is -0.511. The van der Waals surface area contributed by atoms with E-state index in [-0.39, 0.29) is 19.8 Å². The summed E-state index contributed by atoms with van der Waals surface area (Å²) < 4.78 is 5.04. The molecule has 0 saturated heterocycles. The highest BCUT2D eigenvalue weighted by molar-refractivity contribution is 7.12. The number of alkyl carbamates (subject to hydrolysis) is 1. The third-order valence-electron chi connectivity index (χ3n) is 2.44. The Morgan fingerprint density at radius 2 is 2.19 bits per heavy atom. The molecule has 0 spiro atoms. The van der Waals surface area contributed by atoms with Crippen LogP contribution in [0, 0.1) is 11.8 Å². The van der Waals surface area contributed by atoms with Gasteiger partial charge in [-0.1, -0.05) is 36.3 Å². The summed E-state index contributed by atoms with van der Waals surface area (Å²) in [5.41, 5.74) is 0.929. The normalized spacial score (nSPS) is 9.57. The number of amides is 1. The van der Waals surface area contributed by atoms with Gasteiger partial charge in [0.1, 0.15) is 6.61 Å². The summed E-state index contributed by atoms with van der Waals surface area (Å²) in [5.74, 6) is 5.58. The van der Waals surface area contributed by atoms with E-state index in [9.17, 15) is 4.79 Å². The number of carbonyl (C=O) groups excluding carboxylic acids is 1. The Morgan fingerprint density at radius 1 is 1.38 bits per heavy atom. The quantitative estimate of drug-likeness (QED) is 0.846. The summed E-state index contributed by atoms with van der Waals surface area (Å²) in [6.07, 6.45) is 1.07. The zero-order valence-corrected chi connectivity index (χ0v) is 12.0. The molecule has 0 atom stereocenters. The van der Waals surface area contributed by atoms with Gasteiger partial charge in [0, 0.05) is 6.20 Å². The highest BCUT2D eigenvalue weighted by Gasteiger charge is 2.00. The molecule has 0 aliphatic carbocycles. The number of rotatable bonds is 4. The van der Waals surface area contributed by atoms with Crippen molar-refractivity contribution in [2.24, 2.45) is 0 Å². The summed E-state index contributed by atoms with van der Waals surface area (Å²) in [4.78, 5) is 16.2. The first-order valence-electron chi connectivity index (χ1n) is 6.27. The first-order chi connectivity index (χ1) is 10.3. The van der Waals surface area contributed by atoms with Crippen molar-refractivity contribution in [1.82, 2.24) is 10.3 Å². The molecule has 0 fully saturated rings. The van der Waals surface area contributed by atoms with Crippen LogP contribution in [0.2, 0.25) is 0 Å². The summed E-state index contributed by atoms with van der Waals surface area (Å²) in [6, 6.07) is 9.44. The topological polar surface area (TPSA) is 71.5 Å². The molecule has 1 aromatic carbocycles. The van der Waals surface area contributed by atoms with Crippen LogP contribution in [-0.4, -0.2) is 22.7 Å². The number of carbonyl (C=O) groups is 1. The molecule has 0 aliphatic heterocycles. The molecular weight excluding hydrogens is 288 g/mol. The van der Waals surface area contributed by atoms with Crippen molar-refractivity contribution in [2.75, 3.05) is 6.54 Å². The second-order valence-electron chi connectivity index (χ2n) is 4.01. The van der Waals surface area contributed by atoms with Crippen LogP contribution in [0.15, 0.2) is 36.5 Å². The highest BCUT2D eigenvalue weighted by atomic mass is 32.1. The fraction of sp³-hybridized carbons (Fsp3) is 0.200. The van der Waals surface area contributed by atoms with Crippen molar-refractivity contribution >= 4 is 17.4 Å². The van der Waals surface area contributed by atoms with E-state index in [2.05, 4.69) is 22.1 Å². The van der Waals surface area contributed by atoms with Crippen LogP contribution in [0.1, 0.15) is 15.4 Å². The Bertz CT molecular complexity index is 644. The average molecular weight is 302 g/mol. The minimum Gasteiger partial charge on any atom is -0.445 e. The van der Waals surface area contributed by atoms with Crippen molar-refractivity contribution in [2.45, 2.75) is 13.2 Å². The molecule has 0 unspecified atom stereocenters. The summed E-state index contributed by atoms with van der Waals surface area (Å²) >= 11 is 1.32. The van der Waals surface area contributed by atoms with Crippen LogP contribution in [0.3, 0.4) is 0 Å². The van der Waals surface area contributed by atoms with E-state index in [4.69, 9.17) is 9.84 Å². The third-order valence-corrected chi connectivity index (χ3v) is 3.34. The third kappa shape index (κ3) is 5.26. The standard InChI is InChI=1S/C15H14N2O3S/c18-10-13-9-17-14(21-13)7-4-8-16-15(19)20-11-12-5-2-1-3-6-12/h1-3,5-6,9,18H,8,10-11H2,(H,16,19). The Morgan fingerprint density at radius 3 is 2.90 bits per heavy atom. The number of hydrogen-bond donors (Lipinski definition) is 2. The average Bonchev–Trinajstić information content (AvgIpc) is 2.98. The number of benzene rings is 1. The van der Waals surface area contributed by atoms with Crippen LogP contribution in [0.5, 0.6) is 0 Å². The van der Waals surface area contributed by atoms with Crippen molar-refractivity contribution < 1.29 is 14.6 Å². The predicted octanol–water partition coefficient (Wildman–Crippen LogP) is 1.91. The van der Waals surface area contributed by atoms with Crippen LogP contribution < -0.4 is 5.32 Å². The van der Waals surface area contributed by atoms with Gasteiger partial charge in [-0.15, -0.1) is 11.3 Å². The van der Waals surface area contributed by atoms with Gasteiger partial charge in [0.2, 0.25) is 0 Å². The molecule has 21 heavy (non-hydrogen) atoms. The molecule has 1 heterocycles. The lowest BCUT2D eigenvalue weighted by molar-refractivity contribution is 0.141. The van der Waals surface area contributed by atoms with Crippen LogP contribution in [0.25, 0.3) is 0 Å². The molecule has 2 rings (SSSR count). The lowest BCUT2D eigenvalue weighted by Gasteiger charge is -2.04. The minimum absolute atomic E-state index is 0.0383. The molecule has 5 nitrogen and oxygen atoms in total. The molecule has 6 heteroatoms. The van der Waals surface area contributed by atoms with Gasteiger partial charge in [-0.05, 0) is 11.5 Å². The number of aliphatic hydroxyl groups is 1. The molecule has 0 aliphatic rings. The van der Waals surface area contributed by atoms with Gasteiger partial charge in [0.05, 0.1) is 18.0 Å². The lowest BCUT2D eigenvalue weighted by atomic mass is 10.2. The fourth-order valence-electron chi connectivity index (χ4n) is 1.45. The van der Waals surface area contributed by atoms with E-state index >= 15 is 0 Å². The Balaban J connectivity index is 1.70. The van der Waals surface area contributed by atoms with Crippen LogP contribution in [-0.2, 0) is 18.0 Å². The SMILES string of the molecule is O=C(NCC#Cc1ncc(CO)s1)OCc1ccccc1. The maximum atomic E-state index is 11.4. The van der Waals surface area contributed by atoms with Crippen molar-refractivity contribution in [3.8, 4) is 11.8 Å². The van der Waals surface area contributed by atoms with E-state index in [1.165, 1.54) is 11.3 Å². The van der Waals surface area contributed by atoms with E-state index < -0.39 is 6.09 Å². The first kappa shape index (κ1) is 15.0. The van der Waals surface area contributed by atoms with E-state index in [0.29, 0.717) is 5.01 Å². The second kappa shape index (κ2) is 8.04. The second-order valence-corrected chi connectivity index (χ2v) is 5.12. The molecule has 108 valence electrons. The molecular formula is C15H14N2O3S. The lowest BCUT2D eigenvalue weighted by Crippen LogP contribution is -2.24. The van der Waals surface area contributed by atoms with Crippen molar-refractivity contribution in [3.05, 3.63) is 52.0 Å². The van der Waals surface area contributed by atoms with Gasteiger partial charge in [-0.25, -0.2) is 9.78 Å². The Hall–Kier alpha value is -2.36. The summed E-state index contributed by atoms with van der Waals surface area (Å²) in [5, 5.41) is 12.0. The maximum absolute atomic E-state index is 11.4. The highest BCUT2D eigenvalue weighted by Crippen LogP contribution is 2.10. The molecule has 2 aromatic rings. The number of nitrogens with zero attached hydrogens (tertiary/aromatic N) is 1. The number of thiazole rings is 1. The zero-order valence-electron chi connectivity index (χ0n) is 11.2. The maximum Gasteiger partial charge on any atom is 0.408 e. The molecule has 2 N–H and O–H groups in total. The van der Waals surface area contributed by atoms with Gasteiger partial charge in [-0.2, -0.15) is 0 Å². The number of aromatic nitrogens is 1. The van der Waals surface area contributed by atoms with Crippen LogP contribution >= 0.6 is 11.3 Å². The first-order valence-corrected chi connectivity index (χ1v) is 7.08. The largest absolute Gasteiger partial charge is 0.445 e. The zero-order chi connectivity index (χ0) is 14.9. The Labute approximate surface area is 126 Å². The smallest absolute Gasteiger partial charge is 0.408 e. The molecule has 1 amide bonds. The molecule has 0 radical (unpaired) electrons. The van der Waals surface area contributed by atoms with Crippen LogP contribution in [0.4, 0.5) is 4.79 Å². The monoisotopic (exact) mass is 302 g/mol. The van der Waals surface area contributed by atoms with Gasteiger partial charge in [0.15, 0.2) is 5.01 Å². The van der Waals surface area contributed by atoms with Gasteiger partial charge in [0.25, 0.3) is 0 Å². The van der Waals surface area contributed by atoms with Gasteiger partial charge >= 0.3 is 6.09 Å². The summed E-state index contributed by atoms with van der Waals surface area (Å²) in [6.45, 7) is 0.373. The van der Waals surface area contributed by atoms with E-state index in [1.807, 2.05) is 30.3 Å². The van der Waals surface area contributed by atoms with Gasteiger partial charge < -0.3 is 15.2 Å². The number of ether oxygens (including phenoxy) is 1. The van der Waals surface area contributed by atoms with E-state index in [0.717, 1.165) is 10.4 Å². The number of hydrogen-bond acceptors (Lipinski definition) is 5. The summed E-state index contributed by atoms with van der Waals surface area (Å²) in [7, 11) is 0. The number of aliphatic hydroxyl groups excluding tert-OH is 1. The molecule has 0 bridgehead atoms. The van der Waals surface area contributed by atoms with Crippen molar-refractivity contribution in [3.63, 3.8) is 0 Å². The predicted molar refractivity (Wildman–Crippen MR) is 79.5 cm³/mol.